The highest BCUT2D eigenvalue weighted by molar-refractivity contribution is 5.96. The standard InChI is InChI=1S/C27H30N4O2/c1-5-11-29(12-6-2)26(33)18-31-24-10-8-7-9-23(24)28-27(31)21-16-25(32)30(17-21)22-14-19(3)13-20(4)15-22/h5-10,13-15,21H,1-2,11-12,16-18H2,3-4H3. The Hall–Kier alpha value is -3.67. The van der Waals surface area contributed by atoms with Crippen LogP contribution in [0.15, 0.2) is 67.8 Å². The van der Waals surface area contributed by atoms with Gasteiger partial charge in [-0.15, -0.1) is 13.2 Å². The number of rotatable bonds is 8. The molecule has 6 heteroatoms. The summed E-state index contributed by atoms with van der Waals surface area (Å²) < 4.78 is 1.97. The van der Waals surface area contributed by atoms with E-state index < -0.39 is 0 Å². The first-order chi connectivity index (χ1) is 15.9. The Morgan fingerprint density at radius 1 is 1.12 bits per heavy atom. The first kappa shape index (κ1) is 22.5. The zero-order chi connectivity index (χ0) is 23.5. The Kier molecular flexibility index (Phi) is 6.45. The van der Waals surface area contributed by atoms with Gasteiger partial charge in [0, 0.05) is 37.7 Å². The van der Waals surface area contributed by atoms with Crippen LogP contribution >= 0.6 is 0 Å². The smallest absolute Gasteiger partial charge is 0.243 e. The molecule has 0 spiro atoms. The molecule has 1 aromatic heterocycles. The number of carbonyl (C=O) groups is 2. The molecular weight excluding hydrogens is 412 g/mol. The fourth-order valence-electron chi connectivity index (χ4n) is 4.63. The van der Waals surface area contributed by atoms with Crippen molar-refractivity contribution in [2.45, 2.75) is 32.7 Å². The maximum atomic E-state index is 13.1. The van der Waals surface area contributed by atoms with Gasteiger partial charge in [0.05, 0.1) is 11.0 Å². The van der Waals surface area contributed by atoms with Gasteiger partial charge < -0.3 is 14.4 Å². The monoisotopic (exact) mass is 442 g/mol. The molecule has 0 bridgehead atoms. The molecule has 4 rings (SSSR count). The fraction of sp³-hybridized carbons (Fsp3) is 0.296. The molecule has 1 aliphatic heterocycles. The van der Waals surface area contributed by atoms with Crippen molar-refractivity contribution in [2.24, 2.45) is 0 Å². The van der Waals surface area contributed by atoms with Crippen LogP contribution in [-0.2, 0) is 16.1 Å². The van der Waals surface area contributed by atoms with Crippen LogP contribution in [0.25, 0.3) is 11.0 Å². The number of aryl methyl sites for hydroxylation is 2. The van der Waals surface area contributed by atoms with Gasteiger partial charge in [-0.2, -0.15) is 0 Å². The third-order valence-corrected chi connectivity index (χ3v) is 6.04. The lowest BCUT2D eigenvalue weighted by atomic mass is 10.1. The molecule has 2 aromatic carbocycles. The number of aromatic nitrogens is 2. The average molecular weight is 443 g/mol. The van der Waals surface area contributed by atoms with Crippen LogP contribution in [0.3, 0.4) is 0 Å². The predicted molar refractivity (Wildman–Crippen MR) is 132 cm³/mol. The van der Waals surface area contributed by atoms with Crippen LogP contribution in [0.2, 0.25) is 0 Å². The number of fused-ring (bicyclic) bond motifs is 1. The van der Waals surface area contributed by atoms with Gasteiger partial charge >= 0.3 is 0 Å². The lowest BCUT2D eigenvalue weighted by Gasteiger charge is -2.21. The number of hydrogen-bond donors (Lipinski definition) is 0. The molecule has 1 saturated heterocycles. The van der Waals surface area contributed by atoms with E-state index in [4.69, 9.17) is 4.98 Å². The molecule has 6 nitrogen and oxygen atoms in total. The van der Waals surface area contributed by atoms with Crippen LogP contribution in [0.1, 0.15) is 29.3 Å². The van der Waals surface area contributed by atoms with Crippen molar-refractivity contribution in [3.05, 3.63) is 84.7 Å². The maximum absolute atomic E-state index is 13.1. The Balaban J connectivity index is 1.68. The quantitative estimate of drug-likeness (QED) is 0.487. The molecule has 2 amide bonds. The number of benzene rings is 2. The summed E-state index contributed by atoms with van der Waals surface area (Å²) in [5, 5.41) is 0. The second kappa shape index (κ2) is 9.45. The van der Waals surface area contributed by atoms with Gasteiger partial charge in [0.15, 0.2) is 0 Å². The van der Waals surface area contributed by atoms with Crippen molar-refractivity contribution < 1.29 is 9.59 Å². The molecule has 1 unspecified atom stereocenters. The molecular formula is C27H30N4O2. The Morgan fingerprint density at radius 2 is 1.79 bits per heavy atom. The summed E-state index contributed by atoms with van der Waals surface area (Å²) >= 11 is 0. The van der Waals surface area contributed by atoms with E-state index >= 15 is 0 Å². The second-order valence-corrected chi connectivity index (χ2v) is 8.67. The van der Waals surface area contributed by atoms with Crippen LogP contribution in [0.4, 0.5) is 5.69 Å². The second-order valence-electron chi connectivity index (χ2n) is 8.67. The largest absolute Gasteiger partial charge is 0.334 e. The molecule has 170 valence electrons. The van der Waals surface area contributed by atoms with Gasteiger partial charge in [0.25, 0.3) is 0 Å². The predicted octanol–water partition coefficient (Wildman–Crippen LogP) is 4.37. The van der Waals surface area contributed by atoms with Crippen molar-refractivity contribution in [2.75, 3.05) is 24.5 Å². The molecule has 0 saturated carbocycles. The number of imidazole rings is 1. The first-order valence-corrected chi connectivity index (χ1v) is 11.2. The maximum Gasteiger partial charge on any atom is 0.243 e. The zero-order valence-electron chi connectivity index (χ0n) is 19.3. The van der Waals surface area contributed by atoms with Gasteiger partial charge in [0.2, 0.25) is 11.8 Å². The Labute approximate surface area is 194 Å². The third-order valence-electron chi connectivity index (χ3n) is 6.04. The average Bonchev–Trinajstić information content (AvgIpc) is 3.33. The van der Waals surface area contributed by atoms with Crippen LogP contribution in [0, 0.1) is 13.8 Å². The fourth-order valence-corrected chi connectivity index (χ4v) is 4.63. The molecule has 3 aromatic rings. The lowest BCUT2D eigenvalue weighted by Crippen LogP contribution is -2.34. The van der Waals surface area contributed by atoms with Crippen LogP contribution in [0.5, 0.6) is 0 Å². The summed E-state index contributed by atoms with van der Waals surface area (Å²) in [7, 11) is 0. The Bertz CT molecular complexity index is 1200. The number of para-hydroxylation sites is 2. The number of anilines is 1. The highest BCUT2D eigenvalue weighted by Gasteiger charge is 2.35. The van der Waals surface area contributed by atoms with E-state index in [0.29, 0.717) is 26.1 Å². The lowest BCUT2D eigenvalue weighted by molar-refractivity contribution is -0.130. The summed E-state index contributed by atoms with van der Waals surface area (Å²) in [5.41, 5.74) is 4.90. The van der Waals surface area contributed by atoms with Crippen molar-refractivity contribution in [1.82, 2.24) is 14.5 Å². The zero-order valence-corrected chi connectivity index (χ0v) is 19.3. The molecule has 2 heterocycles. The highest BCUT2D eigenvalue weighted by atomic mass is 16.2. The minimum absolute atomic E-state index is 0.0327. The third kappa shape index (κ3) is 4.60. The summed E-state index contributed by atoms with van der Waals surface area (Å²) in [6.45, 7) is 13.2. The van der Waals surface area contributed by atoms with Gasteiger partial charge in [-0.25, -0.2) is 4.98 Å². The molecule has 0 aliphatic carbocycles. The van der Waals surface area contributed by atoms with Crippen molar-refractivity contribution in [1.29, 1.82) is 0 Å². The van der Waals surface area contributed by atoms with Crippen molar-refractivity contribution in [3.8, 4) is 0 Å². The van der Waals surface area contributed by atoms with E-state index in [0.717, 1.165) is 33.7 Å². The van der Waals surface area contributed by atoms with Crippen LogP contribution in [-0.4, -0.2) is 45.9 Å². The molecule has 1 atom stereocenters. The van der Waals surface area contributed by atoms with E-state index in [-0.39, 0.29) is 24.3 Å². The minimum atomic E-state index is -0.0919. The van der Waals surface area contributed by atoms with Gasteiger partial charge in [-0.05, 0) is 49.2 Å². The van der Waals surface area contributed by atoms with E-state index in [1.165, 1.54) is 0 Å². The Morgan fingerprint density at radius 3 is 2.45 bits per heavy atom. The van der Waals surface area contributed by atoms with E-state index in [9.17, 15) is 9.59 Å². The molecule has 0 radical (unpaired) electrons. The number of amides is 2. The summed E-state index contributed by atoms with van der Waals surface area (Å²) in [4.78, 5) is 34.6. The first-order valence-electron chi connectivity index (χ1n) is 11.2. The van der Waals surface area contributed by atoms with E-state index in [1.807, 2.05) is 59.7 Å². The van der Waals surface area contributed by atoms with Crippen LogP contribution < -0.4 is 4.90 Å². The molecule has 1 fully saturated rings. The molecule has 0 N–H and O–H groups in total. The number of hydrogen-bond acceptors (Lipinski definition) is 3. The van der Waals surface area contributed by atoms with Gasteiger partial charge in [-0.1, -0.05) is 30.4 Å². The van der Waals surface area contributed by atoms with Crippen molar-refractivity contribution in [3.63, 3.8) is 0 Å². The summed E-state index contributed by atoms with van der Waals surface area (Å²) in [6, 6.07) is 14.0. The SMILES string of the molecule is C=CCN(CC=C)C(=O)Cn1c(C2CC(=O)N(c3cc(C)cc(C)c3)C2)nc2ccccc21. The number of carbonyl (C=O) groups excluding carboxylic acids is 2. The summed E-state index contributed by atoms with van der Waals surface area (Å²) in [6.07, 6.45) is 3.80. The minimum Gasteiger partial charge on any atom is -0.334 e. The molecule has 1 aliphatic rings. The van der Waals surface area contributed by atoms with Gasteiger partial charge in [0.1, 0.15) is 12.4 Å². The van der Waals surface area contributed by atoms with Gasteiger partial charge in [-0.3, -0.25) is 9.59 Å². The normalized spacial score (nSPS) is 15.8. The highest BCUT2D eigenvalue weighted by Crippen LogP contribution is 2.34. The van der Waals surface area contributed by atoms with E-state index in [1.54, 1.807) is 17.1 Å². The van der Waals surface area contributed by atoms with Crippen molar-refractivity contribution >= 4 is 28.5 Å². The van der Waals surface area contributed by atoms with E-state index in [2.05, 4.69) is 19.2 Å². The molecule has 33 heavy (non-hydrogen) atoms. The summed E-state index contributed by atoms with van der Waals surface area (Å²) in [5.74, 6) is 0.734. The topological polar surface area (TPSA) is 58.4 Å². The number of nitrogens with zero attached hydrogens (tertiary/aromatic N) is 4.